The lowest BCUT2D eigenvalue weighted by atomic mass is 9.77. The van der Waals surface area contributed by atoms with Gasteiger partial charge in [0, 0.05) is 19.4 Å². The minimum atomic E-state index is -1.12. The molecule has 0 aromatic heterocycles. The first-order chi connectivity index (χ1) is 17.7. The van der Waals surface area contributed by atoms with E-state index in [1.807, 2.05) is 105 Å². The second kappa shape index (κ2) is 12.3. The number of hydrogen-bond acceptors (Lipinski definition) is 3. The number of likely N-dealkylation sites (N-methyl/N-ethyl adjacent to an activating group) is 1. The van der Waals surface area contributed by atoms with E-state index in [0.29, 0.717) is 0 Å². The van der Waals surface area contributed by atoms with Gasteiger partial charge in [0.15, 0.2) is 0 Å². The average Bonchev–Trinajstić information content (AvgIpc) is 2.92. The molecule has 37 heavy (non-hydrogen) atoms. The molecule has 2 N–H and O–H groups in total. The fraction of sp³-hybridized carbons (Fsp3) is 0.323. The molecule has 0 fully saturated rings. The molecule has 0 bridgehead atoms. The lowest BCUT2D eigenvalue weighted by molar-refractivity contribution is -0.151. The van der Waals surface area contributed by atoms with E-state index in [9.17, 15) is 19.5 Å². The summed E-state index contributed by atoms with van der Waals surface area (Å²) in [5.41, 5.74) is 1.67. The van der Waals surface area contributed by atoms with E-state index in [0.717, 1.165) is 16.7 Å². The first-order valence-electron chi connectivity index (χ1n) is 12.7. The lowest BCUT2D eigenvalue weighted by Gasteiger charge is -2.37. The van der Waals surface area contributed by atoms with E-state index in [2.05, 4.69) is 5.32 Å². The minimum absolute atomic E-state index is 0.00265. The molecule has 0 saturated carbocycles. The molecule has 3 aromatic carbocycles. The summed E-state index contributed by atoms with van der Waals surface area (Å²) in [6.07, 6.45) is -0.0540. The molecule has 0 radical (unpaired) electrons. The number of benzene rings is 3. The first-order valence-corrected chi connectivity index (χ1v) is 12.7. The Morgan fingerprint density at radius 1 is 0.784 bits per heavy atom. The highest BCUT2D eigenvalue weighted by Gasteiger charge is 2.38. The van der Waals surface area contributed by atoms with Crippen molar-refractivity contribution in [1.82, 2.24) is 10.2 Å². The Bertz CT molecular complexity index is 1080. The average molecular weight is 501 g/mol. The van der Waals surface area contributed by atoms with Gasteiger partial charge in [-0.1, -0.05) is 112 Å². The molecule has 2 atom stereocenters. The number of nitrogens with zero attached hydrogens (tertiary/aromatic N) is 1. The van der Waals surface area contributed by atoms with E-state index < -0.39 is 17.6 Å². The number of hydrogen-bond donors (Lipinski definition) is 2. The highest BCUT2D eigenvalue weighted by Crippen LogP contribution is 2.37. The third-order valence-corrected chi connectivity index (χ3v) is 7.08. The molecule has 3 aromatic rings. The van der Waals surface area contributed by atoms with E-state index >= 15 is 0 Å². The number of aliphatic carboxylic acids is 1. The van der Waals surface area contributed by atoms with Gasteiger partial charge in [-0.15, -0.1) is 0 Å². The van der Waals surface area contributed by atoms with Crippen molar-refractivity contribution in [1.29, 1.82) is 0 Å². The molecule has 6 nitrogen and oxygen atoms in total. The first kappa shape index (κ1) is 27.7. The zero-order valence-corrected chi connectivity index (χ0v) is 21.9. The summed E-state index contributed by atoms with van der Waals surface area (Å²) in [7, 11) is 1.50. The maximum Gasteiger partial charge on any atom is 0.326 e. The normalized spacial score (nSPS) is 13.0. The summed E-state index contributed by atoms with van der Waals surface area (Å²) >= 11 is 0. The third-order valence-electron chi connectivity index (χ3n) is 7.08. The summed E-state index contributed by atoms with van der Waals surface area (Å²) in [4.78, 5) is 39.7. The van der Waals surface area contributed by atoms with Gasteiger partial charge in [-0.05, 0) is 29.0 Å². The Labute approximate surface area is 219 Å². The van der Waals surface area contributed by atoms with E-state index in [1.165, 1.54) is 11.9 Å². The number of carboxylic acids is 1. The maximum absolute atomic E-state index is 13.5. The largest absolute Gasteiger partial charge is 0.480 e. The van der Waals surface area contributed by atoms with Crippen LogP contribution in [0.3, 0.4) is 0 Å². The van der Waals surface area contributed by atoms with Crippen molar-refractivity contribution in [2.75, 3.05) is 7.05 Å². The van der Waals surface area contributed by atoms with Crippen LogP contribution in [0.15, 0.2) is 91.0 Å². The van der Waals surface area contributed by atoms with Crippen molar-refractivity contribution < 1.29 is 19.5 Å². The molecular weight excluding hydrogens is 464 g/mol. The number of nitrogens with one attached hydrogen (secondary N) is 1. The molecular formula is C31H36N2O4. The zero-order chi connectivity index (χ0) is 27.0. The van der Waals surface area contributed by atoms with Crippen LogP contribution in [0.25, 0.3) is 0 Å². The van der Waals surface area contributed by atoms with Crippen molar-refractivity contribution in [2.24, 2.45) is 11.8 Å². The van der Waals surface area contributed by atoms with Gasteiger partial charge >= 0.3 is 5.97 Å². The molecule has 194 valence electrons. The molecule has 0 heterocycles. The van der Waals surface area contributed by atoms with Gasteiger partial charge in [0.25, 0.3) is 0 Å². The van der Waals surface area contributed by atoms with Crippen LogP contribution >= 0.6 is 0 Å². The van der Waals surface area contributed by atoms with Crippen molar-refractivity contribution in [3.8, 4) is 0 Å². The molecule has 0 aliphatic heterocycles. The van der Waals surface area contributed by atoms with Crippen molar-refractivity contribution >= 4 is 17.8 Å². The number of amides is 2. The summed E-state index contributed by atoms with van der Waals surface area (Å²) in [6.45, 7) is 5.65. The van der Waals surface area contributed by atoms with Gasteiger partial charge in [0.1, 0.15) is 11.6 Å². The van der Waals surface area contributed by atoms with Crippen LogP contribution in [-0.2, 0) is 19.9 Å². The number of rotatable bonds is 11. The zero-order valence-electron chi connectivity index (χ0n) is 21.9. The van der Waals surface area contributed by atoms with Gasteiger partial charge in [-0.25, -0.2) is 4.79 Å². The van der Waals surface area contributed by atoms with Crippen molar-refractivity contribution in [3.05, 3.63) is 108 Å². The Kier molecular flexibility index (Phi) is 9.23. The minimum Gasteiger partial charge on any atom is -0.480 e. The summed E-state index contributed by atoms with van der Waals surface area (Å²) < 4.78 is 0. The van der Waals surface area contributed by atoms with Gasteiger partial charge in [0.05, 0.1) is 0 Å². The summed E-state index contributed by atoms with van der Waals surface area (Å²) in [5.74, 6) is -1.91. The van der Waals surface area contributed by atoms with E-state index in [-0.39, 0.29) is 36.5 Å². The fourth-order valence-electron chi connectivity index (χ4n) is 4.56. The van der Waals surface area contributed by atoms with Crippen LogP contribution in [0.1, 0.15) is 50.3 Å². The fourth-order valence-corrected chi connectivity index (χ4v) is 4.56. The van der Waals surface area contributed by atoms with Gasteiger partial charge < -0.3 is 15.3 Å². The molecule has 0 aliphatic carbocycles. The van der Waals surface area contributed by atoms with Crippen LogP contribution in [0.2, 0.25) is 0 Å². The van der Waals surface area contributed by atoms with Crippen molar-refractivity contribution in [2.45, 2.75) is 45.2 Å². The number of carbonyl (C=O) groups excluding carboxylic acids is 2. The highest BCUT2D eigenvalue weighted by atomic mass is 16.4. The monoisotopic (exact) mass is 500 g/mol. The van der Waals surface area contributed by atoms with Gasteiger partial charge in [0.2, 0.25) is 11.8 Å². The lowest BCUT2D eigenvalue weighted by Crippen LogP contribution is -2.49. The molecule has 0 unspecified atom stereocenters. The Morgan fingerprint density at radius 2 is 1.19 bits per heavy atom. The van der Waals surface area contributed by atoms with Crippen LogP contribution in [0.5, 0.6) is 0 Å². The summed E-state index contributed by atoms with van der Waals surface area (Å²) in [6, 6.07) is 28.1. The van der Waals surface area contributed by atoms with Crippen molar-refractivity contribution in [3.63, 3.8) is 0 Å². The molecule has 0 saturated heterocycles. The second-order valence-electron chi connectivity index (χ2n) is 9.77. The molecule has 0 aliphatic rings. The Morgan fingerprint density at radius 3 is 1.54 bits per heavy atom. The summed E-state index contributed by atoms with van der Waals surface area (Å²) in [5, 5.41) is 13.1. The predicted octanol–water partition coefficient (Wildman–Crippen LogP) is 5.08. The maximum atomic E-state index is 13.5. The van der Waals surface area contributed by atoms with Crippen LogP contribution in [0, 0.1) is 11.8 Å². The number of carboxylic acid groups (broad SMARTS) is 1. The molecule has 6 heteroatoms. The molecule has 3 rings (SSSR count). The van der Waals surface area contributed by atoms with E-state index in [1.54, 1.807) is 6.92 Å². The van der Waals surface area contributed by atoms with E-state index in [4.69, 9.17) is 0 Å². The topological polar surface area (TPSA) is 86.7 Å². The predicted molar refractivity (Wildman–Crippen MR) is 145 cm³/mol. The standard InChI is InChI=1S/C31H36N2O4/c1-22(2)23(3)29(35)33(4)27(30(36)37)20-21-28(34)32-31(24-14-8-5-9-15-24,25-16-10-6-11-17-25)26-18-12-7-13-19-26/h5-19,22-23,27H,20-21H2,1-4H3,(H,32,34)(H,36,37)/t23-,27-/m0/s1. The second-order valence-corrected chi connectivity index (χ2v) is 9.77. The number of carbonyl (C=O) groups is 3. The SMILES string of the molecule is CC(C)[C@H](C)C(=O)N(C)[C@@H](CCC(=O)NC(c1ccccc1)(c1ccccc1)c1ccccc1)C(=O)O. The van der Waals surface area contributed by atoms with Gasteiger partial charge in [-0.2, -0.15) is 0 Å². The quantitative estimate of drug-likeness (QED) is 0.360. The Hall–Kier alpha value is -3.93. The van der Waals surface area contributed by atoms with Crippen LogP contribution in [0.4, 0.5) is 0 Å². The van der Waals surface area contributed by atoms with Crippen LogP contribution < -0.4 is 5.32 Å². The Balaban J connectivity index is 1.94. The van der Waals surface area contributed by atoms with Crippen LogP contribution in [-0.4, -0.2) is 40.9 Å². The highest BCUT2D eigenvalue weighted by molar-refractivity contribution is 5.86. The third kappa shape index (κ3) is 6.26. The van der Waals surface area contributed by atoms with Gasteiger partial charge in [-0.3, -0.25) is 9.59 Å². The molecule has 2 amide bonds. The smallest absolute Gasteiger partial charge is 0.326 e. The molecule has 0 spiro atoms.